The zero-order chi connectivity index (χ0) is 18.9. The van der Waals surface area contributed by atoms with Crippen molar-refractivity contribution >= 4 is 11.8 Å². The Morgan fingerprint density at radius 2 is 1.96 bits per heavy atom. The fourth-order valence-electron chi connectivity index (χ4n) is 4.31. The molecule has 0 saturated carbocycles. The van der Waals surface area contributed by atoms with E-state index < -0.39 is 0 Å². The number of allylic oxidation sites excluding steroid dienone is 1. The van der Waals surface area contributed by atoms with Crippen molar-refractivity contribution < 1.29 is 0 Å². The molecule has 0 aromatic carbocycles. The highest BCUT2D eigenvalue weighted by Crippen LogP contribution is 2.21. The van der Waals surface area contributed by atoms with Crippen LogP contribution in [0.15, 0.2) is 24.9 Å². The van der Waals surface area contributed by atoms with Gasteiger partial charge in [-0.1, -0.05) is 25.3 Å². The molecule has 3 heterocycles. The molecule has 1 N–H and O–H groups in total. The Hall–Kier alpha value is -1.62. The van der Waals surface area contributed by atoms with Crippen molar-refractivity contribution in [1.29, 1.82) is 0 Å². The van der Waals surface area contributed by atoms with Crippen molar-refractivity contribution in [3.05, 3.63) is 24.9 Å². The maximum absolute atomic E-state index is 4.85. The van der Waals surface area contributed by atoms with Crippen LogP contribution in [0.1, 0.15) is 64.7 Å². The monoisotopic (exact) mass is 371 g/mol. The molecule has 150 valence electrons. The van der Waals surface area contributed by atoms with Crippen molar-refractivity contribution in [2.24, 2.45) is 0 Å². The first-order valence-electron chi connectivity index (χ1n) is 11.0. The first-order valence-corrected chi connectivity index (χ1v) is 11.0. The standard InChI is InChI=1S/C22H37N5/c1-3-4-11-19(2)27-17-10-7-12-20(18-27)24-22-23-14-13-21(25-22)26-15-8-5-6-9-16-26/h3,13-14,19-20H,1,4-12,15-18H2,2H3,(H,23,24,25). The van der Waals surface area contributed by atoms with Gasteiger partial charge in [0, 0.05) is 37.9 Å². The molecular formula is C22H37N5. The summed E-state index contributed by atoms with van der Waals surface area (Å²) in [6.07, 6.45) is 15.2. The van der Waals surface area contributed by atoms with Gasteiger partial charge >= 0.3 is 0 Å². The molecule has 5 nitrogen and oxygen atoms in total. The van der Waals surface area contributed by atoms with Crippen LogP contribution in [-0.2, 0) is 0 Å². The van der Waals surface area contributed by atoms with E-state index in [0.29, 0.717) is 12.1 Å². The number of anilines is 2. The van der Waals surface area contributed by atoms with E-state index >= 15 is 0 Å². The SMILES string of the molecule is C=CCCC(C)N1CCCCC(Nc2nccc(N3CCCCCC3)n2)C1. The molecule has 0 bridgehead atoms. The van der Waals surface area contributed by atoms with Gasteiger partial charge in [0.1, 0.15) is 5.82 Å². The van der Waals surface area contributed by atoms with Gasteiger partial charge in [-0.15, -0.1) is 6.58 Å². The Morgan fingerprint density at radius 3 is 2.74 bits per heavy atom. The highest BCUT2D eigenvalue weighted by atomic mass is 15.2. The van der Waals surface area contributed by atoms with Crippen LogP contribution in [0.4, 0.5) is 11.8 Å². The zero-order valence-corrected chi connectivity index (χ0v) is 17.1. The van der Waals surface area contributed by atoms with Gasteiger partial charge in [0.15, 0.2) is 0 Å². The molecule has 0 amide bonds. The molecule has 5 heteroatoms. The number of hydrogen-bond donors (Lipinski definition) is 1. The summed E-state index contributed by atoms with van der Waals surface area (Å²) in [6.45, 7) is 10.7. The fourth-order valence-corrected chi connectivity index (χ4v) is 4.31. The van der Waals surface area contributed by atoms with Crippen LogP contribution in [0.5, 0.6) is 0 Å². The zero-order valence-electron chi connectivity index (χ0n) is 17.1. The lowest BCUT2D eigenvalue weighted by Crippen LogP contribution is -2.40. The van der Waals surface area contributed by atoms with Crippen molar-refractivity contribution in [2.45, 2.75) is 76.8 Å². The maximum Gasteiger partial charge on any atom is 0.224 e. The predicted molar refractivity (Wildman–Crippen MR) is 114 cm³/mol. The summed E-state index contributed by atoms with van der Waals surface area (Å²) in [6, 6.07) is 3.10. The van der Waals surface area contributed by atoms with Gasteiger partial charge in [0.2, 0.25) is 5.95 Å². The Labute approximate surface area is 165 Å². The van der Waals surface area contributed by atoms with E-state index in [9.17, 15) is 0 Å². The number of hydrogen-bond acceptors (Lipinski definition) is 5. The van der Waals surface area contributed by atoms with Gasteiger partial charge in [-0.05, 0) is 58.1 Å². The molecule has 1 aromatic heterocycles. The first-order chi connectivity index (χ1) is 13.3. The molecule has 2 unspecified atom stereocenters. The lowest BCUT2D eigenvalue weighted by Gasteiger charge is -2.30. The second-order valence-corrected chi connectivity index (χ2v) is 8.19. The molecule has 2 saturated heterocycles. The lowest BCUT2D eigenvalue weighted by molar-refractivity contribution is 0.203. The fraction of sp³-hybridized carbons (Fsp3) is 0.727. The molecule has 2 aliphatic heterocycles. The average Bonchev–Trinajstić information content (AvgIpc) is 3.09. The van der Waals surface area contributed by atoms with Crippen LogP contribution in [0.3, 0.4) is 0 Å². The summed E-state index contributed by atoms with van der Waals surface area (Å²) in [5.74, 6) is 1.88. The smallest absolute Gasteiger partial charge is 0.224 e. The van der Waals surface area contributed by atoms with Crippen LogP contribution in [0.2, 0.25) is 0 Å². The van der Waals surface area contributed by atoms with Crippen LogP contribution < -0.4 is 10.2 Å². The molecule has 2 aliphatic rings. The summed E-state index contributed by atoms with van der Waals surface area (Å²) >= 11 is 0. The van der Waals surface area contributed by atoms with E-state index in [1.807, 2.05) is 12.3 Å². The molecule has 27 heavy (non-hydrogen) atoms. The highest BCUT2D eigenvalue weighted by Gasteiger charge is 2.22. The second kappa shape index (κ2) is 10.6. The molecule has 0 spiro atoms. The summed E-state index contributed by atoms with van der Waals surface area (Å²) in [5.41, 5.74) is 0. The van der Waals surface area contributed by atoms with Crippen LogP contribution in [0.25, 0.3) is 0 Å². The normalized spacial score (nSPS) is 23.3. The van der Waals surface area contributed by atoms with Gasteiger partial charge < -0.3 is 10.2 Å². The lowest BCUT2D eigenvalue weighted by atomic mass is 10.1. The number of nitrogens with zero attached hydrogens (tertiary/aromatic N) is 4. The van der Waals surface area contributed by atoms with Gasteiger partial charge in [-0.3, -0.25) is 4.90 Å². The summed E-state index contributed by atoms with van der Waals surface area (Å²) in [4.78, 5) is 14.4. The minimum atomic E-state index is 0.429. The third kappa shape index (κ3) is 6.20. The highest BCUT2D eigenvalue weighted by molar-refractivity contribution is 5.43. The predicted octanol–water partition coefficient (Wildman–Crippen LogP) is 4.48. The molecule has 3 rings (SSSR count). The van der Waals surface area contributed by atoms with Gasteiger partial charge in [-0.25, -0.2) is 4.98 Å². The number of aromatic nitrogens is 2. The number of rotatable bonds is 7. The van der Waals surface area contributed by atoms with E-state index in [-0.39, 0.29) is 0 Å². The third-order valence-corrected chi connectivity index (χ3v) is 6.02. The van der Waals surface area contributed by atoms with Gasteiger partial charge in [0.05, 0.1) is 0 Å². The number of nitrogens with one attached hydrogen (secondary N) is 1. The van der Waals surface area contributed by atoms with E-state index in [1.54, 1.807) is 0 Å². The van der Waals surface area contributed by atoms with Crippen molar-refractivity contribution in [3.63, 3.8) is 0 Å². The largest absolute Gasteiger partial charge is 0.356 e. The van der Waals surface area contributed by atoms with Crippen molar-refractivity contribution in [2.75, 3.05) is 36.4 Å². The third-order valence-electron chi connectivity index (χ3n) is 6.02. The Morgan fingerprint density at radius 1 is 1.19 bits per heavy atom. The molecule has 2 atom stereocenters. The van der Waals surface area contributed by atoms with E-state index in [1.165, 1.54) is 57.9 Å². The van der Waals surface area contributed by atoms with E-state index in [2.05, 4.69) is 39.7 Å². The van der Waals surface area contributed by atoms with Crippen molar-refractivity contribution in [1.82, 2.24) is 14.9 Å². The summed E-state index contributed by atoms with van der Waals surface area (Å²) in [5, 5.41) is 3.65. The Bertz CT molecular complexity index is 568. The molecule has 0 radical (unpaired) electrons. The van der Waals surface area contributed by atoms with Gasteiger partial charge in [0.25, 0.3) is 0 Å². The Kier molecular flexibility index (Phi) is 7.93. The number of likely N-dealkylation sites (tertiary alicyclic amines) is 1. The van der Waals surface area contributed by atoms with Crippen LogP contribution >= 0.6 is 0 Å². The quantitative estimate of drug-likeness (QED) is 0.716. The average molecular weight is 372 g/mol. The first kappa shape index (κ1) is 20.1. The second-order valence-electron chi connectivity index (χ2n) is 8.19. The summed E-state index contributed by atoms with van der Waals surface area (Å²) < 4.78 is 0. The minimum Gasteiger partial charge on any atom is -0.356 e. The Balaban J connectivity index is 1.61. The topological polar surface area (TPSA) is 44.3 Å². The molecule has 2 fully saturated rings. The summed E-state index contributed by atoms with van der Waals surface area (Å²) in [7, 11) is 0. The van der Waals surface area contributed by atoms with Gasteiger partial charge in [-0.2, -0.15) is 4.98 Å². The molecule has 0 aliphatic carbocycles. The molecular weight excluding hydrogens is 334 g/mol. The minimum absolute atomic E-state index is 0.429. The van der Waals surface area contributed by atoms with E-state index in [0.717, 1.165) is 37.8 Å². The van der Waals surface area contributed by atoms with Crippen molar-refractivity contribution in [3.8, 4) is 0 Å². The van der Waals surface area contributed by atoms with Crippen LogP contribution in [0, 0.1) is 0 Å². The maximum atomic E-state index is 4.85. The van der Waals surface area contributed by atoms with Crippen LogP contribution in [-0.4, -0.2) is 53.1 Å². The van der Waals surface area contributed by atoms with E-state index in [4.69, 9.17) is 4.98 Å². The molecule has 1 aromatic rings.